The minimum absolute atomic E-state index is 0.0880. The van der Waals surface area contributed by atoms with Crippen LogP contribution in [0.3, 0.4) is 0 Å². The summed E-state index contributed by atoms with van der Waals surface area (Å²) < 4.78 is 11.7. The fraction of sp³-hybridized carbons (Fsp3) is 0.500. The standard InChI is InChI=1S/C20H26N2O3/c1-14-7-8-15-6-5-11-21-17(15)18(14)24-16-9-12-22(13-10-16)19(23)25-20(2,3)4/h5-8,11,16H,9-10,12-13H2,1-4H3. The summed E-state index contributed by atoms with van der Waals surface area (Å²) in [6.07, 6.45) is 3.22. The second kappa shape index (κ2) is 6.90. The largest absolute Gasteiger partial charge is 0.488 e. The number of nitrogens with zero attached hydrogens (tertiary/aromatic N) is 2. The molecule has 1 amide bonds. The van der Waals surface area contributed by atoms with Gasteiger partial charge >= 0.3 is 6.09 Å². The van der Waals surface area contributed by atoms with Crippen LogP contribution in [-0.2, 0) is 4.74 Å². The van der Waals surface area contributed by atoms with Gasteiger partial charge in [0.15, 0.2) is 0 Å². The minimum Gasteiger partial charge on any atom is -0.488 e. The van der Waals surface area contributed by atoms with E-state index in [1.54, 1.807) is 11.1 Å². The van der Waals surface area contributed by atoms with E-state index in [-0.39, 0.29) is 12.2 Å². The third kappa shape index (κ3) is 4.21. The molecule has 0 atom stereocenters. The average molecular weight is 342 g/mol. The highest BCUT2D eigenvalue weighted by Gasteiger charge is 2.28. The lowest BCUT2D eigenvalue weighted by molar-refractivity contribution is 0.0127. The first-order chi connectivity index (χ1) is 11.8. The fourth-order valence-corrected chi connectivity index (χ4v) is 3.02. The molecular formula is C20H26N2O3. The van der Waals surface area contributed by atoms with Gasteiger partial charge in [0.05, 0.1) is 0 Å². The summed E-state index contributed by atoms with van der Waals surface area (Å²) in [6, 6.07) is 8.10. The molecule has 0 saturated carbocycles. The summed E-state index contributed by atoms with van der Waals surface area (Å²) in [6.45, 7) is 9.00. The molecule has 0 spiro atoms. The number of carbonyl (C=O) groups is 1. The molecule has 0 aliphatic carbocycles. The Kier molecular flexibility index (Phi) is 4.84. The van der Waals surface area contributed by atoms with E-state index in [1.165, 1.54) is 0 Å². The van der Waals surface area contributed by atoms with E-state index in [4.69, 9.17) is 9.47 Å². The lowest BCUT2D eigenvalue weighted by Gasteiger charge is -2.33. The normalized spacial score (nSPS) is 16.1. The summed E-state index contributed by atoms with van der Waals surface area (Å²) in [5, 5.41) is 1.08. The number of ether oxygens (including phenoxy) is 2. The van der Waals surface area contributed by atoms with E-state index in [1.807, 2.05) is 39.8 Å². The predicted molar refractivity (Wildman–Crippen MR) is 97.9 cm³/mol. The maximum atomic E-state index is 12.2. The zero-order valence-corrected chi connectivity index (χ0v) is 15.4. The molecular weight excluding hydrogens is 316 g/mol. The van der Waals surface area contributed by atoms with Crippen molar-refractivity contribution in [2.75, 3.05) is 13.1 Å². The van der Waals surface area contributed by atoms with E-state index in [2.05, 4.69) is 17.1 Å². The fourth-order valence-electron chi connectivity index (χ4n) is 3.02. The maximum Gasteiger partial charge on any atom is 0.410 e. The number of pyridine rings is 1. The molecule has 5 heteroatoms. The Morgan fingerprint density at radius 2 is 1.92 bits per heavy atom. The van der Waals surface area contributed by atoms with Crippen LogP contribution in [0.25, 0.3) is 10.9 Å². The summed E-state index contributed by atoms with van der Waals surface area (Å²) in [7, 11) is 0. The zero-order chi connectivity index (χ0) is 18.0. The van der Waals surface area contributed by atoms with Gasteiger partial charge in [0.2, 0.25) is 0 Å². The molecule has 1 aliphatic rings. The van der Waals surface area contributed by atoms with Gasteiger partial charge in [0.1, 0.15) is 23.0 Å². The van der Waals surface area contributed by atoms with E-state index < -0.39 is 5.60 Å². The van der Waals surface area contributed by atoms with Crippen LogP contribution in [0.2, 0.25) is 0 Å². The van der Waals surface area contributed by atoms with Crippen molar-refractivity contribution in [1.82, 2.24) is 9.88 Å². The lowest BCUT2D eigenvalue weighted by atomic mass is 10.1. The number of aromatic nitrogens is 1. The van der Waals surface area contributed by atoms with Gasteiger partial charge < -0.3 is 14.4 Å². The highest BCUT2D eigenvalue weighted by molar-refractivity contribution is 5.85. The van der Waals surface area contributed by atoms with Gasteiger partial charge in [0.25, 0.3) is 0 Å². The molecule has 0 unspecified atom stereocenters. The van der Waals surface area contributed by atoms with Crippen molar-refractivity contribution in [1.29, 1.82) is 0 Å². The first-order valence-corrected chi connectivity index (χ1v) is 8.82. The molecule has 2 heterocycles. The molecule has 25 heavy (non-hydrogen) atoms. The zero-order valence-electron chi connectivity index (χ0n) is 15.4. The Labute approximate surface area is 148 Å². The molecule has 1 aromatic heterocycles. The van der Waals surface area contributed by atoms with Crippen LogP contribution in [0.4, 0.5) is 4.79 Å². The summed E-state index contributed by atoms with van der Waals surface area (Å²) in [5.74, 6) is 0.855. The predicted octanol–water partition coefficient (Wildman–Crippen LogP) is 4.32. The Balaban J connectivity index is 1.65. The molecule has 1 saturated heterocycles. The molecule has 3 rings (SSSR count). The van der Waals surface area contributed by atoms with Crippen LogP contribution in [0.5, 0.6) is 5.75 Å². The van der Waals surface area contributed by atoms with Crippen molar-refractivity contribution in [3.63, 3.8) is 0 Å². The van der Waals surface area contributed by atoms with Gasteiger partial charge in [-0.1, -0.05) is 18.2 Å². The summed E-state index contributed by atoms with van der Waals surface area (Å²) in [5.41, 5.74) is 1.52. The highest BCUT2D eigenvalue weighted by atomic mass is 16.6. The minimum atomic E-state index is -0.462. The van der Waals surface area contributed by atoms with E-state index in [9.17, 15) is 4.79 Å². The molecule has 0 radical (unpaired) electrons. The van der Waals surface area contributed by atoms with Crippen LogP contribution in [0.15, 0.2) is 30.5 Å². The highest BCUT2D eigenvalue weighted by Crippen LogP contribution is 2.30. The Morgan fingerprint density at radius 1 is 1.20 bits per heavy atom. The van der Waals surface area contributed by atoms with Crippen molar-refractivity contribution in [2.24, 2.45) is 0 Å². The third-order valence-electron chi connectivity index (χ3n) is 4.30. The Bertz CT molecular complexity index is 759. The summed E-state index contributed by atoms with van der Waals surface area (Å²) in [4.78, 5) is 18.4. The molecule has 0 N–H and O–H groups in total. The molecule has 1 aromatic carbocycles. The lowest BCUT2D eigenvalue weighted by Crippen LogP contribution is -2.44. The molecule has 2 aromatic rings. The van der Waals surface area contributed by atoms with Gasteiger partial charge in [0, 0.05) is 37.5 Å². The average Bonchev–Trinajstić information content (AvgIpc) is 2.56. The number of aryl methyl sites for hydroxylation is 1. The quantitative estimate of drug-likeness (QED) is 0.815. The number of amides is 1. The first kappa shape index (κ1) is 17.5. The van der Waals surface area contributed by atoms with Crippen molar-refractivity contribution in [3.05, 3.63) is 36.0 Å². The van der Waals surface area contributed by atoms with Crippen molar-refractivity contribution in [2.45, 2.75) is 52.2 Å². The van der Waals surface area contributed by atoms with Gasteiger partial charge in [-0.05, 0) is 39.3 Å². The van der Waals surface area contributed by atoms with Crippen molar-refractivity contribution >= 4 is 17.0 Å². The summed E-state index contributed by atoms with van der Waals surface area (Å²) >= 11 is 0. The second-order valence-corrected chi connectivity index (χ2v) is 7.57. The smallest absolute Gasteiger partial charge is 0.410 e. The number of carbonyl (C=O) groups excluding carboxylic acids is 1. The second-order valence-electron chi connectivity index (χ2n) is 7.57. The van der Waals surface area contributed by atoms with E-state index >= 15 is 0 Å². The van der Waals surface area contributed by atoms with Crippen LogP contribution in [-0.4, -0.2) is 40.8 Å². The maximum absolute atomic E-state index is 12.2. The van der Waals surface area contributed by atoms with Crippen LogP contribution in [0, 0.1) is 6.92 Å². The monoisotopic (exact) mass is 342 g/mol. The molecule has 134 valence electrons. The van der Waals surface area contributed by atoms with Gasteiger partial charge in [-0.25, -0.2) is 4.79 Å². The number of likely N-dealkylation sites (tertiary alicyclic amines) is 1. The number of rotatable bonds is 2. The SMILES string of the molecule is Cc1ccc2cccnc2c1OC1CCN(C(=O)OC(C)(C)C)CC1. The third-order valence-corrected chi connectivity index (χ3v) is 4.30. The van der Waals surface area contributed by atoms with Crippen LogP contribution in [0.1, 0.15) is 39.2 Å². The number of fused-ring (bicyclic) bond motifs is 1. The molecule has 1 fully saturated rings. The molecule has 0 bridgehead atoms. The number of piperidine rings is 1. The topological polar surface area (TPSA) is 51.7 Å². The number of hydrogen-bond donors (Lipinski definition) is 0. The number of hydrogen-bond acceptors (Lipinski definition) is 4. The van der Waals surface area contributed by atoms with Gasteiger partial charge in [-0.2, -0.15) is 0 Å². The molecule has 5 nitrogen and oxygen atoms in total. The Hall–Kier alpha value is -2.30. The van der Waals surface area contributed by atoms with E-state index in [0.717, 1.165) is 35.1 Å². The van der Waals surface area contributed by atoms with Crippen molar-refractivity contribution in [3.8, 4) is 5.75 Å². The van der Waals surface area contributed by atoms with Gasteiger partial charge in [-0.15, -0.1) is 0 Å². The number of benzene rings is 1. The van der Waals surface area contributed by atoms with Gasteiger partial charge in [-0.3, -0.25) is 4.98 Å². The van der Waals surface area contributed by atoms with E-state index in [0.29, 0.717) is 13.1 Å². The first-order valence-electron chi connectivity index (χ1n) is 8.82. The van der Waals surface area contributed by atoms with Crippen LogP contribution < -0.4 is 4.74 Å². The molecule has 1 aliphatic heterocycles. The van der Waals surface area contributed by atoms with Crippen LogP contribution >= 0.6 is 0 Å². The Morgan fingerprint density at radius 3 is 2.60 bits per heavy atom. The van der Waals surface area contributed by atoms with Crippen molar-refractivity contribution < 1.29 is 14.3 Å².